The van der Waals surface area contributed by atoms with Crippen molar-refractivity contribution in [3.8, 4) is 6.07 Å². The van der Waals surface area contributed by atoms with Gasteiger partial charge in [0.25, 0.3) is 0 Å². The van der Waals surface area contributed by atoms with Crippen LogP contribution >= 0.6 is 15.9 Å². The molecule has 18 heavy (non-hydrogen) atoms. The van der Waals surface area contributed by atoms with Gasteiger partial charge in [0.05, 0.1) is 11.3 Å². The maximum absolute atomic E-state index is 9.29. The fourth-order valence-corrected chi connectivity index (χ4v) is 3.10. The number of aliphatic hydroxyl groups is 1. The lowest BCUT2D eigenvalue weighted by Crippen LogP contribution is -2.21. The molecule has 1 aromatic rings. The van der Waals surface area contributed by atoms with Crippen LogP contribution in [0, 0.1) is 23.2 Å². The Balaban J connectivity index is 2.02. The van der Waals surface area contributed by atoms with E-state index in [4.69, 9.17) is 5.26 Å². The van der Waals surface area contributed by atoms with E-state index in [1.54, 1.807) is 0 Å². The molecule has 2 rings (SSSR count). The molecule has 1 saturated carbocycles. The normalized spacial score (nSPS) is 22.7. The zero-order valence-electron chi connectivity index (χ0n) is 10.2. The summed E-state index contributed by atoms with van der Waals surface area (Å²) in [5.74, 6) is 0.927. The number of nitrogens with zero attached hydrogens (tertiary/aromatic N) is 1. The van der Waals surface area contributed by atoms with Crippen molar-refractivity contribution >= 4 is 21.6 Å². The number of aliphatic hydroxyl groups excluding tert-OH is 1. The molecule has 0 aliphatic heterocycles. The summed E-state index contributed by atoms with van der Waals surface area (Å²) < 4.78 is 0.820. The van der Waals surface area contributed by atoms with E-state index < -0.39 is 0 Å². The van der Waals surface area contributed by atoms with Gasteiger partial charge < -0.3 is 10.4 Å². The van der Waals surface area contributed by atoms with Gasteiger partial charge in [-0.05, 0) is 52.7 Å². The summed E-state index contributed by atoms with van der Waals surface area (Å²) in [6.45, 7) is 1.10. The monoisotopic (exact) mass is 308 g/mol. The Hall–Kier alpha value is -1.05. The first-order chi connectivity index (χ1) is 8.76. The quantitative estimate of drug-likeness (QED) is 0.898. The molecule has 0 saturated heterocycles. The molecule has 0 radical (unpaired) electrons. The third kappa shape index (κ3) is 2.85. The van der Waals surface area contributed by atoms with Gasteiger partial charge in [0.15, 0.2) is 0 Å². The van der Waals surface area contributed by atoms with Gasteiger partial charge in [0.1, 0.15) is 6.07 Å². The molecule has 1 fully saturated rings. The SMILES string of the molecule is N#Cc1c(Br)cccc1NCC1CCCC1CO. The zero-order chi connectivity index (χ0) is 13.0. The van der Waals surface area contributed by atoms with E-state index in [0.717, 1.165) is 29.5 Å². The topological polar surface area (TPSA) is 56.0 Å². The van der Waals surface area contributed by atoms with E-state index in [1.807, 2.05) is 18.2 Å². The smallest absolute Gasteiger partial charge is 0.103 e. The maximum Gasteiger partial charge on any atom is 0.103 e. The highest BCUT2D eigenvalue weighted by atomic mass is 79.9. The summed E-state index contributed by atoms with van der Waals surface area (Å²) in [6, 6.07) is 7.92. The Kier molecular flexibility index (Phi) is 4.62. The van der Waals surface area contributed by atoms with Crippen molar-refractivity contribution in [2.75, 3.05) is 18.5 Å². The van der Waals surface area contributed by atoms with Gasteiger partial charge in [-0.1, -0.05) is 12.5 Å². The minimum absolute atomic E-state index is 0.274. The fraction of sp³-hybridized carbons (Fsp3) is 0.500. The zero-order valence-corrected chi connectivity index (χ0v) is 11.8. The predicted octanol–water partition coefficient (Wildman–Crippen LogP) is 3.14. The lowest BCUT2D eigenvalue weighted by Gasteiger charge is -2.19. The highest BCUT2D eigenvalue weighted by Gasteiger charge is 2.26. The minimum atomic E-state index is 0.274. The van der Waals surface area contributed by atoms with Crippen molar-refractivity contribution in [2.45, 2.75) is 19.3 Å². The number of rotatable bonds is 4. The van der Waals surface area contributed by atoms with Gasteiger partial charge >= 0.3 is 0 Å². The second-order valence-corrected chi connectivity index (χ2v) is 5.64. The van der Waals surface area contributed by atoms with E-state index in [0.29, 0.717) is 17.4 Å². The van der Waals surface area contributed by atoms with Crippen molar-refractivity contribution in [3.63, 3.8) is 0 Å². The van der Waals surface area contributed by atoms with Gasteiger partial charge in [0.2, 0.25) is 0 Å². The molecule has 0 amide bonds. The van der Waals surface area contributed by atoms with Crippen LogP contribution in [0.2, 0.25) is 0 Å². The summed E-state index contributed by atoms with van der Waals surface area (Å²) in [6.07, 6.45) is 3.47. The summed E-state index contributed by atoms with van der Waals surface area (Å²) in [5.41, 5.74) is 1.52. The van der Waals surface area contributed by atoms with Crippen LogP contribution in [-0.2, 0) is 0 Å². The molecule has 0 aromatic heterocycles. The van der Waals surface area contributed by atoms with Gasteiger partial charge in [0, 0.05) is 17.6 Å². The average molecular weight is 309 g/mol. The van der Waals surface area contributed by atoms with E-state index in [2.05, 4.69) is 27.3 Å². The largest absolute Gasteiger partial charge is 0.396 e. The summed E-state index contributed by atoms with van der Waals surface area (Å²) in [5, 5.41) is 21.8. The van der Waals surface area contributed by atoms with E-state index in [-0.39, 0.29) is 6.61 Å². The summed E-state index contributed by atoms with van der Waals surface area (Å²) >= 11 is 3.38. The highest BCUT2D eigenvalue weighted by Crippen LogP contribution is 2.32. The number of nitriles is 1. The van der Waals surface area contributed by atoms with Crippen LogP contribution in [0.4, 0.5) is 5.69 Å². The van der Waals surface area contributed by atoms with Crippen LogP contribution in [0.5, 0.6) is 0 Å². The van der Waals surface area contributed by atoms with Crippen LogP contribution in [-0.4, -0.2) is 18.3 Å². The van der Waals surface area contributed by atoms with E-state index in [9.17, 15) is 5.11 Å². The molecule has 0 bridgehead atoms. The number of anilines is 1. The lowest BCUT2D eigenvalue weighted by atomic mass is 9.97. The maximum atomic E-state index is 9.29. The van der Waals surface area contributed by atoms with Gasteiger partial charge in [-0.3, -0.25) is 0 Å². The predicted molar refractivity (Wildman–Crippen MR) is 75.3 cm³/mol. The minimum Gasteiger partial charge on any atom is -0.396 e. The molecule has 0 heterocycles. The van der Waals surface area contributed by atoms with E-state index >= 15 is 0 Å². The first-order valence-corrected chi connectivity index (χ1v) is 7.09. The third-order valence-electron chi connectivity index (χ3n) is 3.73. The number of hydrogen-bond donors (Lipinski definition) is 2. The molecule has 1 aromatic carbocycles. The standard InChI is InChI=1S/C14H17BrN2O/c15-13-5-2-6-14(12(13)7-16)17-8-10-3-1-4-11(10)9-18/h2,5-6,10-11,17-18H,1,3-4,8-9H2. The van der Waals surface area contributed by atoms with Crippen LogP contribution in [0.3, 0.4) is 0 Å². The Morgan fingerprint density at radius 3 is 2.89 bits per heavy atom. The van der Waals surface area contributed by atoms with Crippen LogP contribution in [0.25, 0.3) is 0 Å². The average Bonchev–Trinajstić information content (AvgIpc) is 2.83. The Morgan fingerprint density at radius 1 is 1.39 bits per heavy atom. The summed E-state index contributed by atoms with van der Waals surface area (Å²) in [4.78, 5) is 0. The molecule has 2 atom stereocenters. The lowest BCUT2D eigenvalue weighted by molar-refractivity contribution is 0.199. The Bertz CT molecular complexity index is 456. The van der Waals surface area contributed by atoms with Crippen molar-refractivity contribution in [2.24, 2.45) is 11.8 Å². The number of nitrogens with one attached hydrogen (secondary N) is 1. The number of halogens is 1. The molecule has 1 aliphatic rings. The van der Waals surface area contributed by atoms with Crippen LogP contribution in [0.15, 0.2) is 22.7 Å². The van der Waals surface area contributed by atoms with Crippen molar-refractivity contribution in [3.05, 3.63) is 28.2 Å². The molecular formula is C14H17BrN2O. The number of benzene rings is 1. The molecule has 0 spiro atoms. The molecule has 2 N–H and O–H groups in total. The fourth-order valence-electron chi connectivity index (χ4n) is 2.65. The first kappa shape index (κ1) is 13.4. The molecule has 96 valence electrons. The molecule has 1 aliphatic carbocycles. The Labute approximate surface area is 116 Å². The van der Waals surface area contributed by atoms with Gasteiger partial charge in [-0.15, -0.1) is 0 Å². The second kappa shape index (κ2) is 6.21. The summed E-state index contributed by atoms with van der Waals surface area (Å²) in [7, 11) is 0. The molecule has 4 heteroatoms. The second-order valence-electron chi connectivity index (χ2n) is 4.79. The van der Waals surface area contributed by atoms with Crippen molar-refractivity contribution < 1.29 is 5.11 Å². The van der Waals surface area contributed by atoms with Crippen molar-refractivity contribution in [1.82, 2.24) is 0 Å². The Morgan fingerprint density at radius 2 is 2.17 bits per heavy atom. The van der Waals surface area contributed by atoms with Gasteiger partial charge in [-0.25, -0.2) is 0 Å². The van der Waals surface area contributed by atoms with Crippen LogP contribution < -0.4 is 5.32 Å². The molecular weight excluding hydrogens is 292 g/mol. The number of hydrogen-bond acceptors (Lipinski definition) is 3. The molecule has 3 nitrogen and oxygen atoms in total. The van der Waals surface area contributed by atoms with Gasteiger partial charge in [-0.2, -0.15) is 5.26 Å². The van der Waals surface area contributed by atoms with Crippen molar-refractivity contribution in [1.29, 1.82) is 5.26 Å². The van der Waals surface area contributed by atoms with E-state index in [1.165, 1.54) is 6.42 Å². The first-order valence-electron chi connectivity index (χ1n) is 6.29. The molecule has 2 unspecified atom stereocenters. The highest BCUT2D eigenvalue weighted by molar-refractivity contribution is 9.10. The third-order valence-corrected chi connectivity index (χ3v) is 4.39. The van der Waals surface area contributed by atoms with Crippen LogP contribution in [0.1, 0.15) is 24.8 Å².